The predicted molar refractivity (Wildman–Crippen MR) is 40.8 cm³/mol. The molecule has 0 rings (SSSR count). The van der Waals surface area contributed by atoms with E-state index in [0.717, 1.165) is 0 Å². The fourth-order valence-corrected chi connectivity index (χ4v) is 3.36. The molecule has 0 saturated heterocycles. The highest BCUT2D eigenvalue weighted by Crippen LogP contribution is 1.94. The molecule has 0 bridgehead atoms. The van der Waals surface area contributed by atoms with E-state index in [1.165, 1.54) is 0 Å². The van der Waals surface area contributed by atoms with Crippen LogP contribution >= 0.6 is 0 Å². The lowest BCUT2D eigenvalue weighted by Gasteiger charge is -2.10. The van der Waals surface area contributed by atoms with Gasteiger partial charge in [0.2, 0.25) is 0 Å². The van der Waals surface area contributed by atoms with E-state index >= 15 is 0 Å². The Hall–Kier alpha value is 0.314. The zero-order chi connectivity index (χ0) is 7.28. The van der Waals surface area contributed by atoms with Crippen LogP contribution in [-0.4, -0.2) is 28.2 Å². The van der Waals surface area contributed by atoms with Gasteiger partial charge in [-0.3, -0.25) is 0 Å². The van der Waals surface area contributed by atoms with Gasteiger partial charge in [-0.2, -0.15) is 0 Å². The van der Waals surface area contributed by atoms with Crippen molar-refractivity contribution in [1.82, 2.24) is 0 Å². The van der Waals surface area contributed by atoms with Crippen LogP contribution in [-0.2, 0) is 4.12 Å². The molecule has 2 N–H and O–H groups in total. The molecule has 56 valence electrons. The molecule has 0 aliphatic heterocycles. The smallest absolute Gasteiger partial charge is 0.309 e. The highest BCUT2D eigenvalue weighted by atomic mass is 28.4. The molecule has 0 saturated carbocycles. The first kappa shape index (κ1) is 9.31. The highest BCUT2D eigenvalue weighted by Gasteiger charge is 2.11. The van der Waals surface area contributed by atoms with E-state index in [0.29, 0.717) is 12.1 Å². The molecule has 0 spiro atoms. The SMILES string of the molecule is CC[SiH](O)O[SiH](O)CC. The Morgan fingerprint density at radius 1 is 1.11 bits per heavy atom. The van der Waals surface area contributed by atoms with Crippen molar-refractivity contribution in [3.8, 4) is 0 Å². The Bertz CT molecular complexity index is 62.8. The highest BCUT2D eigenvalue weighted by molar-refractivity contribution is 6.57. The number of hydrogen-bond donors (Lipinski definition) is 2. The van der Waals surface area contributed by atoms with Crippen LogP contribution in [0.4, 0.5) is 0 Å². The average Bonchev–Trinajstić information content (AvgIpc) is 1.87. The Morgan fingerprint density at radius 2 is 1.44 bits per heavy atom. The van der Waals surface area contributed by atoms with Crippen molar-refractivity contribution in [2.75, 3.05) is 0 Å². The second-order valence-electron chi connectivity index (χ2n) is 1.86. The monoisotopic (exact) mass is 166 g/mol. The van der Waals surface area contributed by atoms with E-state index in [1.807, 2.05) is 13.8 Å². The maximum Gasteiger partial charge on any atom is 0.309 e. The van der Waals surface area contributed by atoms with Gasteiger partial charge in [0.25, 0.3) is 0 Å². The molecule has 0 aromatic carbocycles. The van der Waals surface area contributed by atoms with Crippen molar-refractivity contribution in [3.05, 3.63) is 0 Å². The molecular formula is C4H14O3Si2. The van der Waals surface area contributed by atoms with Crippen molar-refractivity contribution < 1.29 is 13.7 Å². The minimum atomic E-state index is -1.95. The van der Waals surface area contributed by atoms with E-state index in [4.69, 9.17) is 13.7 Å². The molecule has 5 heteroatoms. The Morgan fingerprint density at radius 3 is 1.67 bits per heavy atom. The Labute approximate surface area is 59.0 Å². The molecule has 2 atom stereocenters. The lowest BCUT2D eigenvalue weighted by Crippen LogP contribution is -2.27. The summed E-state index contributed by atoms with van der Waals surface area (Å²) in [5.41, 5.74) is 0. The normalized spacial score (nSPS) is 17.3. The summed E-state index contributed by atoms with van der Waals surface area (Å²) in [5.74, 6) is 0. The van der Waals surface area contributed by atoms with Crippen LogP contribution in [0.15, 0.2) is 0 Å². The molecule has 0 heterocycles. The summed E-state index contributed by atoms with van der Waals surface area (Å²) in [6, 6.07) is 1.37. The van der Waals surface area contributed by atoms with Gasteiger partial charge in [0.05, 0.1) is 0 Å². The second-order valence-corrected chi connectivity index (χ2v) is 6.40. The van der Waals surface area contributed by atoms with Crippen LogP contribution in [0, 0.1) is 0 Å². The topological polar surface area (TPSA) is 49.7 Å². The summed E-state index contributed by atoms with van der Waals surface area (Å²) in [6.07, 6.45) is 0. The average molecular weight is 166 g/mol. The summed E-state index contributed by atoms with van der Waals surface area (Å²) >= 11 is 0. The van der Waals surface area contributed by atoms with Crippen LogP contribution in [0.1, 0.15) is 13.8 Å². The first-order valence-electron chi connectivity index (χ1n) is 3.22. The number of hydrogen-bond acceptors (Lipinski definition) is 3. The van der Waals surface area contributed by atoms with Gasteiger partial charge in [0.15, 0.2) is 0 Å². The van der Waals surface area contributed by atoms with Gasteiger partial charge in [-0.25, -0.2) is 0 Å². The predicted octanol–water partition coefficient (Wildman–Crippen LogP) is -0.532. The van der Waals surface area contributed by atoms with Gasteiger partial charge < -0.3 is 13.7 Å². The van der Waals surface area contributed by atoms with Crippen LogP contribution in [0.25, 0.3) is 0 Å². The fourth-order valence-electron chi connectivity index (χ4n) is 0.374. The summed E-state index contributed by atoms with van der Waals surface area (Å²) < 4.78 is 4.94. The summed E-state index contributed by atoms with van der Waals surface area (Å²) in [6.45, 7) is 3.74. The van der Waals surface area contributed by atoms with Crippen molar-refractivity contribution in [2.24, 2.45) is 0 Å². The third-order valence-electron chi connectivity index (χ3n) is 1.01. The minimum absolute atomic E-state index is 0.685. The third-order valence-corrected chi connectivity index (χ3v) is 4.92. The quantitative estimate of drug-likeness (QED) is 0.552. The Kier molecular flexibility index (Phi) is 5.31. The molecule has 0 aromatic rings. The second kappa shape index (κ2) is 5.13. The molecule has 3 nitrogen and oxygen atoms in total. The van der Waals surface area contributed by atoms with Gasteiger partial charge in [0, 0.05) is 0 Å². The zero-order valence-corrected chi connectivity index (χ0v) is 8.18. The zero-order valence-electron chi connectivity index (χ0n) is 5.87. The van der Waals surface area contributed by atoms with Crippen molar-refractivity contribution in [2.45, 2.75) is 25.9 Å². The molecule has 2 unspecified atom stereocenters. The Balaban J connectivity index is 3.22. The van der Waals surface area contributed by atoms with E-state index in [-0.39, 0.29) is 0 Å². The third kappa shape index (κ3) is 4.79. The molecule has 0 amide bonds. The summed E-state index contributed by atoms with van der Waals surface area (Å²) in [4.78, 5) is 17.9. The van der Waals surface area contributed by atoms with E-state index in [1.54, 1.807) is 0 Å². The van der Waals surface area contributed by atoms with Crippen molar-refractivity contribution in [1.29, 1.82) is 0 Å². The lowest BCUT2D eigenvalue weighted by atomic mass is 11.0. The molecule has 0 aliphatic rings. The van der Waals surface area contributed by atoms with E-state index in [9.17, 15) is 0 Å². The van der Waals surface area contributed by atoms with Crippen LogP contribution in [0.3, 0.4) is 0 Å². The fraction of sp³-hybridized carbons (Fsp3) is 1.00. The van der Waals surface area contributed by atoms with Crippen molar-refractivity contribution in [3.63, 3.8) is 0 Å². The summed E-state index contributed by atoms with van der Waals surface area (Å²) in [5, 5.41) is 0. The van der Waals surface area contributed by atoms with Gasteiger partial charge in [-0.1, -0.05) is 13.8 Å². The molecule has 0 fully saturated rings. The maximum atomic E-state index is 8.95. The largest absolute Gasteiger partial charge is 0.419 e. The van der Waals surface area contributed by atoms with Crippen molar-refractivity contribution >= 4 is 18.6 Å². The van der Waals surface area contributed by atoms with Gasteiger partial charge in [-0.15, -0.1) is 0 Å². The molecule has 0 aromatic heterocycles. The number of rotatable bonds is 4. The first-order chi connectivity index (χ1) is 4.20. The van der Waals surface area contributed by atoms with E-state index in [2.05, 4.69) is 0 Å². The molecular weight excluding hydrogens is 152 g/mol. The standard InChI is InChI=1S/C4H14O3Si2/c1-3-8(5)7-9(6)4-2/h5-6,8-9H,3-4H2,1-2H3. The van der Waals surface area contributed by atoms with Crippen LogP contribution in [0.2, 0.25) is 12.1 Å². The van der Waals surface area contributed by atoms with Gasteiger partial charge in [0.1, 0.15) is 0 Å². The maximum absolute atomic E-state index is 8.95. The minimum Gasteiger partial charge on any atom is -0.419 e. The molecule has 0 aliphatic carbocycles. The van der Waals surface area contributed by atoms with Gasteiger partial charge >= 0.3 is 18.6 Å². The van der Waals surface area contributed by atoms with Gasteiger partial charge in [-0.05, 0) is 12.1 Å². The molecule has 0 radical (unpaired) electrons. The van der Waals surface area contributed by atoms with E-state index < -0.39 is 18.6 Å². The first-order valence-corrected chi connectivity index (χ1v) is 6.83. The van der Waals surface area contributed by atoms with Crippen LogP contribution < -0.4 is 0 Å². The molecule has 9 heavy (non-hydrogen) atoms. The van der Waals surface area contributed by atoms with Crippen LogP contribution in [0.5, 0.6) is 0 Å². The lowest BCUT2D eigenvalue weighted by molar-refractivity contribution is 0.356. The summed E-state index contributed by atoms with van der Waals surface area (Å²) in [7, 11) is -3.89.